The zero-order valence-electron chi connectivity index (χ0n) is 31.6. The molecule has 6 rings (SSSR count). The lowest BCUT2D eigenvalue weighted by Gasteiger charge is -2.36. The number of aliphatic hydroxyl groups is 1. The van der Waals surface area contributed by atoms with Gasteiger partial charge in [-0.15, -0.1) is 5.10 Å². The van der Waals surface area contributed by atoms with Crippen LogP contribution in [-0.4, -0.2) is 88.1 Å². The van der Waals surface area contributed by atoms with Crippen LogP contribution in [-0.2, 0) is 13.1 Å². The normalized spacial score (nSPS) is 14.8. The average Bonchev–Trinajstić information content (AvgIpc) is 3.58. The van der Waals surface area contributed by atoms with Gasteiger partial charge in [-0.3, -0.25) is 0 Å². The molecule has 0 radical (unpaired) electrons. The molecule has 0 bridgehead atoms. The van der Waals surface area contributed by atoms with Crippen molar-refractivity contribution in [2.75, 3.05) is 56.5 Å². The molecule has 2 unspecified atom stereocenters. The highest BCUT2D eigenvalue weighted by Crippen LogP contribution is 2.31. The van der Waals surface area contributed by atoms with Crippen molar-refractivity contribution in [3.8, 4) is 11.5 Å². The number of nitrogens with one attached hydrogen (secondary N) is 1. The molecule has 2 atom stereocenters. The Balaban J connectivity index is 1.38. The van der Waals surface area contributed by atoms with Crippen LogP contribution in [0.25, 0.3) is 5.65 Å². The van der Waals surface area contributed by atoms with E-state index in [2.05, 4.69) is 79.1 Å². The number of aliphatic hydroxyl groups excluding tert-OH is 1. The van der Waals surface area contributed by atoms with Crippen molar-refractivity contribution in [2.45, 2.75) is 77.7 Å². The van der Waals surface area contributed by atoms with Crippen molar-refractivity contribution < 1.29 is 14.6 Å². The van der Waals surface area contributed by atoms with Crippen molar-refractivity contribution in [3.05, 3.63) is 94.9 Å². The van der Waals surface area contributed by atoms with E-state index in [0.29, 0.717) is 47.8 Å². The molecule has 1 saturated heterocycles. The minimum Gasteiger partial charge on any atom is -0.497 e. The molecule has 0 amide bonds. The van der Waals surface area contributed by atoms with Gasteiger partial charge in [0.1, 0.15) is 23.4 Å². The summed E-state index contributed by atoms with van der Waals surface area (Å²) in [6.07, 6.45) is 6.67. The number of piperidine rings is 1. The van der Waals surface area contributed by atoms with Crippen LogP contribution in [0, 0.1) is 6.92 Å². The molecule has 2 N–H and O–H groups in total. The van der Waals surface area contributed by atoms with Crippen LogP contribution >= 0.6 is 0 Å². The van der Waals surface area contributed by atoms with E-state index >= 15 is 0 Å². The molecule has 1 aliphatic rings. The second-order valence-electron chi connectivity index (χ2n) is 14.1. The maximum atomic E-state index is 11.9. The highest BCUT2D eigenvalue weighted by molar-refractivity contribution is 5.66. The lowest BCUT2D eigenvalue weighted by atomic mass is 10.0. The van der Waals surface area contributed by atoms with Crippen molar-refractivity contribution >= 4 is 23.2 Å². The summed E-state index contributed by atoms with van der Waals surface area (Å²) in [4.78, 5) is 21.7. The van der Waals surface area contributed by atoms with E-state index in [9.17, 15) is 5.11 Å². The Labute approximate surface area is 307 Å². The number of nitrogens with zero attached hydrogens (tertiary/aromatic N) is 8. The molecule has 1 fully saturated rings. The van der Waals surface area contributed by atoms with Crippen molar-refractivity contribution in [1.82, 2.24) is 29.5 Å². The Morgan fingerprint density at radius 1 is 0.923 bits per heavy atom. The highest BCUT2D eigenvalue weighted by atomic mass is 16.5. The van der Waals surface area contributed by atoms with Crippen molar-refractivity contribution in [3.63, 3.8) is 0 Å². The van der Waals surface area contributed by atoms with Gasteiger partial charge in [0.2, 0.25) is 5.95 Å². The first kappa shape index (κ1) is 36.8. The number of hydrogen-bond acceptors (Lipinski definition) is 11. The number of pyridine rings is 1. The minimum atomic E-state index is -1.00. The van der Waals surface area contributed by atoms with Crippen LogP contribution in [0.15, 0.2) is 67.0 Å². The fourth-order valence-electron chi connectivity index (χ4n) is 7.01. The van der Waals surface area contributed by atoms with Crippen LogP contribution in [0.2, 0.25) is 0 Å². The number of hydrogen-bond donors (Lipinski definition) is 2. The summed E-state index contributed by atoms with van der Waals surface area (Å²) in [7, 11) is 7.64. The van der Waals surface area contributed by atoms with Gasteiger partial charge < -0.3 is 34.6 Å². The van der Waals surface area contributed by atoms with Crippen molar-refractivity contribution in [1.29, 1.82) is 0 Å². The van der Waals surface area contributed by atoms with E-state index in [-0.39, 0.29) is 6.04 Å². The number of methoxy groups -OCH3 is 2. The maximum absolute atomic E-state index is 11.9. The topological polar surface area (TPSA) is 116 Å². The number of anilines is 3. The number of fused-ring (bicyclic) bond motifs is 1. The lowest BCUT2D eigenvalue weighted by Crippen LogP contribution is -2.42. The molecule has 0 saturated carbocycles. The van der Waals surface area contributed by atoms with Gasteiger partial charge >= 0.3 is 0 Å². The summed E-state index contributed by atoms with van der Waals surface area (Å²) in [6.45, 7) is 9.38. The molecular formula is C40H53N9O3. The molecule has 2 aromatic carbocycles. The summed E-state index contributed by atoms with van der Waals surface area (Å²) in [5.41, 5.74) is 4.98. The fourth-order valence-corrected chi connectivity index (χ4v) is 7.01. The van der Waals surface area contributed by atoms with E-state index in [0.717, 1.165) is 72.8 Å². The van der Waals surface area contributed by atoms with Crippen LogP contribution in [0.1, 0.15) is 73.6 Å². The number of ether oxygens (including phenoxy) is 2. The zero-order valence-corrected chi connectivity index (χ0v) is 31.6. The highest BCUT2D eigenvalue weighted by Gasteiger charge is 2.26. The van der Waals surface area contributed by atoms with Gasteiger partial charge in [0.25, 0.3) is 0 Å². The molecule has 5 aromatic rings. The van der Waals surface area contributed by atoms with E-state index in [1.54, 1.807) is 31.1 Å². The van der Waals surface area contributed by atoms with Gasteiger partial charge in [-0.25, -0.2) is 14.5 Å². The van der Waals surface area contributed by atoms with Crippen molar-refractivity contribution in [2.24, 2.45) is 0 Å². The Morgan fingerprint density at radius 2 is 1.54 bits per heavy atom. The predicted octanol–water partition coefficient (Wildman–Crippen LogP) is 6.26. The third kappa shape index (κ3) is 8.40. The molecule has 276 valence electrons. The molecule has 0 spiro atoms. The summed E-state index contributed by atoms with van der Waals surface area (Å²) in [5, 5.41) is 20.4. The third-order valence-electron chi connectivity index (χ3n) is 9.99. The second kappa shape index (κ2) is 16.6. The van der Waals surface area contributed by atoms with E-state index < -0.39 is 6.10 Å². The standard InChI is InChI=1S/C40H53N9O3/c1-8-9-28(3)43-40-44-39(48(25-29-10-14-33(51-6)15-11-29)26-30-12-16-34(52-7)17-13-30)38-42-24-35(49(38)45-40)36(50)31-22-27(2)37(41-23-31)47-20-18-32(19-21-47)46(4)5/h10-17,22-24,28,32,36,50H,8-9,18-21,25-26H2,1-7H3,(H,43,45). The minimum absolute atomic E-state index is 0.144. The van der Waals surface area contributed by atoms with E-state index in [1.807, 2.05) is 30.3 Å². The lowest BCUT2D eigenvalue weighted by molar-refractivity contribution is 0.212. The van der Waals surface area contributed by atoms with Gasteiger partial charge in [0.05, 0.1) is 26.1 Å². The molecule has 0 aliphatic carbocycles. The fraction of sp³-hybridized carbons (Fsp3) is 0.450. The van der Waals surface area contributed by atoms with Gasteiger partial charge in [-0.2, -0.15) is 4.98 Å². The summed E-state index contributed by atoms with van der Waals surface area (Å²) < 4.78 is 12.6. The van der Waals surface area contributed by atoms with Crippen LogP contribution in [0.3, 0.4) is 0 Å². The number of aryl methyl sites for hydroxylation is 1. The molecule has 52 heavy (non-hydrogen) atoms. The molecule has 1 aliphatic heterocycles. The number of aromatic nitrogens is 5. The Bertz CT molecular complexity index is 1860. The molecule has 12 nitrogen and oxygen atoms in total. The van der Waals surface area contributed by atoms with Crippen LogP contribution in [0.5, 0.6) is 11.5 Å². The van der Waals surface area contributed by atoms with Gasteiger partial charge in [-0.05, 0) is 94.2 Å². The van der Waals surface area contributed by atoms with Gasteiger partial charge in [0.15, 0.2) is 11.5 Å². The largest absolute Gasteiger partial charge is 0.497 e. The molecule has 3 aromatic heterocycles. The Hall–Kier alpha value is -4.94. The van der Waals surface area contributed by atoms with Crippen LogP contribution in [0.4, 0.5) is 17.6 Å². The quantitative estimate of drug-likeness (QED) is 0.128. The first-order valence-electron chi connectivity index (χ1n) is 18.3. The summed E-state index contributed by atoms with van der Waals surface area (Å²) >= 11 is 0. The monoisotopic (exact) mass is 707 g/mol. The zero-order chi connectivity index (χ0) is 36.8. The van der Waals surface area contributed by atoms with E-state index in [1.165, 1.54) is 0 Å². The first-order valence-corrected chi connectivity index (χ1v) is 18.3. The van der Waals surface area contributed by atoms with Gasteiger partial charge in [0, 0.05) is 50.0 Å². The molecule has 4 heterocycles. The Kier molecular flexibility index (Phi) is 11.8. The molecular weight excluding hydrogens is 654 g/mol. The van der Waals surface area contributed by atoms with Crippen LogP contribution < -0.4 is 24.6 Å². The second-order valence-corrected chi connectivity index (χ2v) is 14.1. The SMILES string of the molecule is CCCC(C)Nc1nc(N(Cc2ccc(OC)cc2)Cc2ccc(OC)cc2)c2ncc(C(O)c3cnc(N4CCC(N(C)C)CC4)c(C)c3)n2n1. The maximum Gasteiger partial charge on any atom is 0.243 e. The van der Waals surface area contributed by atoms with E-state index in [4.69, 9.17) is 29.5 Å². The smallest absolute Gasteiger partial charge is 0.243 e. The number of imidazole rings is 1. The summed E-state index contributed by atoms with van der Waals surface area (Å²) in [5.74, 6) is 3.68. The van der Waals surface area contributed by atoms with Gasteiger partial charge in [-0.1, -0.05) is 37.6 Å². The Morgan fingerprint density at radius 3 is 2.08 bits per heavy atom. The third-order valence-corrected chi connectivity index (χ3v) is 9.99. The summed E-state index contributed by atoms with van der Waals surface area (Å²) in [6, 6.07) is 18.9. The number of benzene rings is 2. The number of rotatable bonds is 15. The average molecular weight is 708 g/mol. The predicted molar refractivity (Wildman–Crippen MR) is 207 cm³/mol. The first-order chi connectivity index (χ1) is 25.2. The molecule has 12 heteroatoms.